The van der Waals surface area contributed by atoms with Gasteiger partial charge in [-0.1, -0.05) is 0 Å². The SMILES string of the molecule is Cn1ccc(C2CCON2C(=O)OC(C)(C)C)n1. The number of rotatable bonds is 1. The van der Waals surface area contributed by atoms with Gasteiger partial charge in [0.05, 0.1) is 12.3 Å². The fourth-order valence-electron chi connectivity index (χ4n) is 1.84. The molecule has 0 N–H and O–H groups in total. The smallest absolute Gasteiger partial charge is 0.435 e. The molecule has 1 saturated heterocycles. The maximum atomic E-state index is 12.0. The first kappa shape index (κ1) is 12.9. The van der Waals surface area contributed by atoms with Crippen LogP contribution in [0.4, 0.5) is 4.79 Å². The van der Waals surface area contributed by atoms with E-state index in [2.05, 4.69) is 5.10 Å². The molecule has 2 heterocycles. The molecule has 0 aliphatic carbocycles. The van der Waals surface area contributed by atoms with Gasteiger partial charge < -0.3 is 4.74 Å². The summed E-state index contributed by atoms with van der Waals surface area (Å²) in [7, 11) is 1.84. The van der Waals surface area contributed by atoms with Crippen molar-refractivity contribution in [2.75, 3.05) is 6.61 Å². The molecule has 0 saturated carbocycles. The zero-order valence-electron chi connectivity index (χ0n) is 11.2. The van der Waals surface area contributed by atoms with E-state index in [0.29, 0.717) is 6.61 Å². The van der Waals surface area contributed by atoms with Crippen molar-refractivity contribution in [3.8, 4) is 0 Å². The Balaban J connectivity index is 2.10. The zero-order chi connectivity index (χ0) is 13.3. The van der Waals surface area contributed by atoms with Crippen LogP contribution < -0.4 is 0 Å². The largest absolute Gasteiger partial charge is 0.442 e. The lowest BCUT2D eigenvalue weighted by molar-refractivity contribution is -0.125. The molecule has 2 rings (SSSR count). The third-order valence-corrected chi connectivity index (χ3v) is 2.55. The minimum atomic E-state index is -0.530. The van der Waals surface area contributed by atoms with Gasteiger partial charge in [-0.2, -0.15) is 10.2 Å². The predicted molar refractivity (Wildman–Crippen MR) is 64.6 cm³/mol. The second-order valence-electron chi connectivity index (χ2n) is 5.36. The van der Waals surface area contributed by atoms with Gasteiger partial charge in [0.2, 0.25) is 0 Å². The number of carbonyl (C=O) groups excluding carboxylic acids is 1. The van der Waals surface area contributed by atoms with E-state index in [1.807, 2.05) is 40.1 Å². The van der Waals surface area contributed by atoms with Crippen LogP contribution >= 0.6 is 0 Å². The van der Waals surface area contributed by atoms with E-state index in [4.69, 9.17) is 9.57 Å². The van der Waals surface area contributed by atoms with Gasteiger partial charge in [0.1, 0.15) is 11.6 Å². The summed E-state index contributed by atoms with van der Waals surface area (Å²) < 4.78 is 7.02. The molecule has 1 aliphatic heterocycles. The van der Waals surface area contributed by atoms with Crippen LogP contribution in [-0.2, 0) is 16.6 Å². The number of hydroxylamine groups is 2. The van der Waals surface area contributed by atoms with Crippen molar-refractivity contribution in [3.63, 3.8) is 0 Å². The average Bonchev–Trinajstić information content (AvgIpc) is 2.81. The van der Waals surface area contributed by atoms with Gasteiger partial charge in [-0.15, -0.1) is 0 Å². The van der Waals surface area contributed by atoms with Gasteiger partial charge >= 0.3 is 6.09 Å². The third-order valence-electron chi connectivity index (χ3n) is 2.55. The molecule has 100 valence electrons. The molecule has 1 aromatic rings. The highest BCUT2D eigenvalue weighted by molar-refractivity contribution is 5.67. The molecular formula is C12H19N3O3. The molecule has 6 heteroatoms. The molecule has 1 amide bonds. The summed E-state index contributed by atoms with van der Waals surface area (Å²) in [5.74, 6) is 0. The summed E-state index contributed by atoms with van der Waals surface area (Å²) in [6, 6.07) is 1.72. The molecule has 1 fully saturated rings. The van der Waals surface area contributed by atoms with Gasteiger partial charge in [-0.25, -0.2) is 4.79 Å². The van der Waals surface area contributed by atoms with Crippen molar-refractivity contribution < 1.29 is 14.4 Å². The van der Waals surface area contributed by atoms with Gasteiger partial charge in [0.25, 0.3) is 0 Å². The maximum absolute atomic E-state index is 12.0. The van der Waals surface area contributed by atoms with Crippen LogP contribution in [0.1, 0.15) is 38.9 Å². The Morgan fingerprint density at radius 2 is 2.28 bits per heavy atom. The number of amides is 1. The number of hydrogen-bond acceptors (Lipinski definition) is 4. The molecule has 0 spiro atoms. The first-order valence-electron chi connectivity index (χ1n) is 6.01. The Bertz CT molecular complexity index is 436. The lowest BCUT2D eigenvalue weighted by Crippen LogP contribution is -2.35. The zero-order valence-corrected chi connectivity index (χ0v) is 11.2. The number of nitrogens with zero attached hydrogens (tertiary/aromatic N) is 3. The summed E-state index contributed by atoms with van der Waals surface area (Å²) in [5, 5.41) is 5.59. The minimum Gasteiger partial charge on any atom is -0.442 e. The van der Waals surface area contributed by atoms with Gasteiger partial charge in [0.15, 0.2) is 0 Å². The average molecular weight is 253 g/mol. The standard InChI is InChI=1S/C12H19N3O3/c1-12(2,3)18-11(16)15-10(6-8-17-15)9-5-7-14(4)13-9/h5,7,10H,6,8H2,1-4H3. The Morgan fingerprint density at radius 3 is 2.83 bits per heavy atom. The summed E-state index contributed by atoms with van der Waals surface area (Å²) in [4.78, 5) is 17.3. The summed E-state index contributed by atoms with van der Waals surface area (Å²) in [6.07, 6.45) is 2.12. The lowest BCUT2D eigenvalue weighted by Gasteiger charge is -2.26. The van der Waals surface area contributed by atoms with Crippen LogP contribution in [0, 0.1) is 0 Å². The van der Waals surface area contributed by atoms with Crippen LogP contribution in [0.3, 0.4) is 0 Å². The fraction of sp³-hybridized carbons (Fsp3) is 0.667. The van der Waals surface area contributed by atoms with Crippen molar-refractivity contribution >= 4 is 6.09 Å². The second-order valence-corrected chi connectivity index (χ2v) is 5.36. The van der Waals surface area contributed by atoms with Crippen molar-refractivity contribution in [1.29, 1.82) is 0 Å². The number of aromatic nitrogens is 2. The number of carbonyl (C=O) groups is 1. The summed E-state index contributed by atoms with van der Waals surface area (Å²) >= 11 is 0. The fourth-order valence-corrected chi connectivity index (χ4v) is 1.84. The van der Waals surface area contributed by atoms with E-state index in [0.717, 1.165) is 12.1 Å². The third kappa shape index (κ3) is 2.81. The van der Waals surface area contributed by atoms with Crippen LogP contribution in [-0.4, -0.2) is 33.1 Å². The molecule has 1 aromatic heterocycles. The molecule has 1 unspecified atom stereocenters. The normalized spacial score (nSPS) is 20.2. The van der Waals surface area contributed by atoms with E-state index in [9.17, 15) is 4.79 Å². The van der Waals surface area contributed by atoms with Crippen LogP contribution in [0.15, 0.2) is 12.3 Å². The highest BCUT2D eigenvalue weighted by Gasteiger charge is 2.36. The Hall–Kier alpha value is -1.56. The quantitative estimate of drug-likeness (QED) is 0.768. The lowest BCUT2D eigenvalue weighted by atomic mass is 10.1. The minimum absolute atomic E-state index is 0.166. The highest BCUT2D eigenvalue weighted by Crippen LogP contribution is 2.30. The Kier molecular flexibility index (Phi) is 3.30. The van der Waals surface area contributed by atoms with E-state index in [1.54, 1.807) is 4.68 Å². The van der Waals surface area contributed by atoms with Crippen LogP contribution in [0.5, 0.6) is 0 Å². The molecule has 18 heavy (non-hydrogen) atoms. The van der Waals surface area contributed by atoms with Crippen molar-refractivity contribution in [2.24, 2.45) is 7.05 Å². The second kappa shape index (κ2) is 4.61. The molecule has 6 nitrogen and oxygen atoms in total. The van der Waals surface area contributed by atoms with Crippen molar-refractivity contribution in [1.82, 2.24) is 14.8 Å². The van der Waals surface area contributed by atoms with Crippen LogP contribution in [0.25, 0.3) is 0 Å². The van der Waals surface area contributed by atoms with E-state index in [1.165, 1.54) is 5.06 Å². The van der Waals surface area contributed by atoms with Crippen molar-refractivity contribution in [2.45, 2.75) is 38.8 Å². The number of aryl methyl sites for hydroxylation is 1. The van der Waals surface area contributed by atoms with Gasteiger partial charge in [-0.3, -0.25) is 9.52 Å². The first-order chi connectivity index (χ1) is 8.37. The van der Waals surface area contributed by atoms with E-state index < -0.39 is 11.7 Å². The summed E-state index contributed by atoms with van der Waals surface area (Å²) in [5.41, 5.74) is 0.290. The maximum Gasteiger partial charge on any atom is 0.435 e. The monoisotopic (exact) mass is 253 g/mol. The van der Waals surface area contributed by atoms with Gasteiger partial charge in [-0.05, 0) is 26.8 Å². The summed E-state index contributed by atoms with van der Waals surface area (Å²) in [6.45, 7) is 5.99. The highest BCUT2D eigenvalue weighted by atomic mass is 16.7. The first-order valence-corrected chi connectivity index (χ1v) is 6.01. The number of hydrogen-bond donors (Lipinski definition) is 0. The predicted octanol–water partition coefficient (Wildman–Crippen LogP) is 2.03. The van der Waals surface area contributed by atoms with E-state index >= 15 is 0 Å². The van der Waals surface area contributed by atoms with Gasteiger partial charge in [0, 0.05) is 19.7 Å². The van der Waals surface area contributed by atoms with Crippen LogP contribution in [0.2, 0.25) is 0 Å². The molecular weight excluding hydrogens is 234 g/mol. The Morgan fingerprint density at radius 1 is 1.56 bits per heavy atom. The number of ether oxygens (including phenoxy) is 1. The molecule has 0 aromatic carbocycles. The molecule has 1 aliphatic rings. The van der Waals surface area contributed by atoms with Crippen molar-refractivity contribution in [3.05, 3.63) is 18.0 Å². The molecule has 0 radical (unpaired) electrons. The van der Waals surface area contributed by atoms with E-state index in [-0.39, 0.29) is 6.04 Å². The Labute approximate surface area is 106 Å². The molecule has 0 bridgehead atoms. The topological polar surface area (TPSA) is 56.6 Å². The molecule has 1 atom stereocenters.